The van der Waals surface area contributed by atoms with Crippen LogP contribution in [0.4, 0.5) is 11.4 Å². The molecule has 142 valence electrons. The minimum Gasteiger partial charge on any atom is -0.450 e. The number of nitro groups is 2. The average molecular weight is 388 g/mol. The molecule has 0 aliphatic carbocycles. The van der Waals surface area contributed by atoms with Crippen LogP contribution < -0.4 is 4.74 Å². The Kier molecular flexibility index (Phi) is 4.54. The zero-order valence-electron chi connectivity index (χ0n) is 14.8. The van der Waals surface area contributed by atoms with E-state index in [9.17, 15) is 20.2 Å². The Labute approximate surface area is 163 Å². The van der Waals surface area contributed by atoms with Crippen molar-refractivity contribution in [3.8, 4) is 22.8 Å². The molecule has 0 aliphatic rings. The van der Waals surface area contributed by atoms with Crippen LogP contribution in [0.25, 0.3) is 22.3 Å². The molecule has 9 nitrogen and oxygen atoms in total. The van der Waals surface area contributed by atoms with Crippen LogP contribution in [0.1, 0.15) is 0 Å². The van der Waals surface area contributed by atoms with Gasteiger partial charge in [0.25, 0.3) is 5.69 Å². The number of hydrogen-bond acceptors (Lipinski definition) is 7. The van der Waals surface area contributed by atoms with Crippen LogP contribution in [-0.4, -0.2) is 19.8 Å². The van der Waals surface area contributed by atoms with Crippen molar-refractivity contribution in [3.63, 3.8) is 0 Å². The van der Waals surface area contributed by atoms with Gasteiger partial charge in [0.15, 0.2) is 0 Å². The number of non-ortho nitro benzene ring substituents is 1. The molecule has 0 unspecified atom stereocenters. The fourth-order valence-corrected chi connectivity index (χ4v) is 2.77. The van der Waals surface area contributed by atoms with Crippen LogP contribution in [0.2, 0.25) is 0 Å². The number of nitro benzene ring substituents is 2. The van der Waals surface area contributed by atoms with Crippen molar-refractivity contribution in [2.45, 2.75) is 0 Å². The highest BCUT2D eigenvalue weighted by atomic mass is 16.6. The molecule has 0 bridgehead atoms. The molecule has 29 heavy (non-hydrogen) atoms. The van der Waals surface area contributed by atoms with Crippen LogP contribution in [0, 0.1) is 20.2 Å². The SMILES string of the molecule is O=[N+]([O-])c1ccc(Oc2ccc(-c3cnc4ccccc4n3)cc2)c([N+](=O)[O-])c1. The molecule has 0 fully saturated rings. The van der Waals surface area contributed by atoms with Crippen molar-refractivity contribution in [2.75, 3.05) is 0 Å². The lowest BCUT2D eigenvalue weighted by atomic mass is 10.1. The Morgan fingerprint density at radius 3 is 2.24 bits per heavy atom. The van der Waals surface area contributed by atoms with Gasteiger partial charge in [-0.2, -0.15) is 0 Å². The second kappa shape index (κ2) is 7.31. The van der Waals surface area contributed by atoms with Gasteiger partial charge in [0, 0.05) is 11.6 Å². The second-order valence-corrected chi connectivity index (χ2v) is 6.04. The van der Waals surface area contributed by atoms with E-state index in [1.54, 1.807) is 30.5 Å². The van der Waals surface area contributed by atoms with Gasteiger partial charge in [-0.25, -0.2) is 4.98 Å². The van der Waals surface area contributed by atoms with E-state index in [1.807, 2.05) is 24.3 Å². The van der Waals surface area contributed by atoms with Crippen molar-refractivity contribution >= 4 is 22.4 Å². The second-order valence-electron chi connectivity index (χ2n) is 6.04. The van der Waals surface area contributed by atoms with Gasteiger partial charge in [0.2, 0.25) is 5.75 Å². The molecule has 1 heterocycles. The molecular formula is C20H12N4O5. The first-order valence-electron chi connectivity index (χ1n) is 8.44. The molecule has 9 heteroatoms. The zero-order chi connectivity index (χ0) is 20.4. The first-order chi connectivity index (χ1) is 14.0. The Morgan fingerprint density at radius 1 is 0.828 bits per heavy atom. The monoisotopic (exact) mass is 388 g/mol. The highest BCUT2D eigenvalue weighted by Crippen LogP contribution is 2.35. The molecule has 0 saturated heterocycles. The normalized spacial score (nSPS) is 10.6. The molecule has 0 N–H and O–H groups in total. The van der Waals surface area contributed by atoms with Crippen LogP contribution in [0.15, 0.2) is 72.9 Å². The molecule has 4 rings (SSSR count). The molecule has 0 radical (unpaired) electrons. The van der Waals surface area contributed by atoms with E-state index in [2.05, 4.69) is 9.97 Å². The third-order valence-corrected chi connectivity index (χ3v) is 4.18. The fourth-order valence-electron chi connectivity index (χ4n) is 2.77. The Morgan fingerprint density at radius 2 is 1.55 bits per heavy atom. The summed E-state index contributed by atoms with van der Waals surface area (Å²) in [6, 6.07) is 17.5. The number of fused-ring (bicyclic) bond motifs is 1. The first kappa shape index (κ1) is 18.0. The lowest BCUT2D eigenvalue weighted by Crippen LogP contribution is -1.96. The maximum absolute atomic E-state index is 11.2. The van der Waals surface area contributed by atoms with Gasteiger partial charge in [-0.05, 0) is 42.5 Å². The molecule has 3 aromatic carbocycles. The largest absolute Gasteiger partial charge is 0.450 e. The maximum Gasteiger partial charge on any atom is 0.318 e. The van der Waals surface area contributed by atoms with E-state index >= 15 is 0 Å². The fraction of sp³-hybridized carbons (Fsp3) is 0. The highest BCUT2D eigenvalue weighted by Gasteiger charge is 2.21. The molecule has 0 atom stereocenters. The van der Waals surface area contributed by atoms with Crippen LogP contribution >= 0.6 is 0 Å². The summed E-state index contributed by atoms with van der Waals surface area (Å²) in [6.07, 6.45) is 1.67. The van der Waals surface area contributed by atoms with Gasteiger partial charge >= 0.3 is 5.69 Å². The van der Waals surface area contributed by atoms with Gasteiger partial charge in [-0.15, -0.1) is 0 Å². The molecule has 0 amide bonds. The lowest BCUT2D eigenvalue weighted by Gasteiger charge is -2.07. The minimum absolute atomic E-state index is 0.0844. The third kappa shape index (κ3) is 3.69. The number of aromatic nitrogens is 2. The quantitative estimate of drug-likeness (QED) is 0.352. The number of ether oxygens (including phenoxy) is 1. The molecule has 0 saturated carbocycles. The van der Waals surface area contributed by atoms with Crippen molar-refractivity contribution in [1.82, 2.24) is 9.97 Å². The predicted octanol–water partition coefficient (Wildman–Crippen LogP) is 4.91. The van der Waals surface area contributed by atoms with Gasteiger partial charge < -0.3 is 4.74 Å². The Balaban J connectivity index is 1.61. The molecule has 0 aliphatic heterocycles. The Bertz CT molecular complexity index is 1240. The zero-order valence-corrected chi connectivity index (χ0v) is 14.8. The topological polar surface area (TPSA) is 121 Å². The summed E-state index contributed by atoms with van der Waals surface area (Å²) in [5.41, 5.74) is 2.18. The average Bonchev–Trinajstić information content (AvgIpc) is 2.74. The van der Waals surface area contributed by atoms with E-state index in [4.69, 9.17) is 4.74 Å². The maximum atomic E-state index is 11.2. The van der Waals surface area contributed by atoms with E-state index in [1.165, 1.54) is 6.07 Å². The molecule has 1 aromatic heterocycles. The number of para-hydroxylation sites is 2. The number of nitrogens with zero attached hydrogens (tertiary/aromatic N) is 4. The number of benzene rings is 3. The summed E-state index contributed by atoms with van der Waals surface area (Å²) in [4.78, 5) is 29.6. The van der Waals surface area contributed by atoms with Crippen LogP contribution in [0.5, 0.6) is 11.5 Å². The predicted molar refractivity (Wildman–Crippen MR) is 105 cm³/mol. The Hall–Kier alpha value is -4.40. The standard InChI is InChI=1S/C20H12N4O5/c25-23(26)14-7-10-20(19(11-14)24(27)28)29-15-8-5-13(6-9-15)18-12-21-16-3-1-2-4-17(16)22-18/h1-12H. The molecule has 4 aromatic rings. The summed E-state index contributed by atoms with van der Waals surface area (Å²) in [5, 5.41) is 22.1. The summed E-state index contributed by atoms with van der Waals surface area (Å²) in [7, 11) is 0. The lowest BCUT2D eigenvalue weighted by molar-refractivity contribution is -0.394. The van der Waals surface area contributed by atoms with Crippen molar-refractivity contribution in [2.24, 2.45) is 0 Å². The highest BCUT2D eigenvalue weighted by molar-refractivity contribution is 5.76. The van der Waals surface area contributed by atoms with E-state index in [0.29, 0.717) is 11.4 Å². The summed E-state index contributed by atoms with van der Waals surface area (Å²) in [5.74, 6) is 0.262. The van der Waals surface area contributed by atoms with E-state index in [-0.39, 0.29) is 11.4 Å². The number of rotatable bonds is 5. The summed E-state index contributed by atoms with van der Waals surface area (Å²) < 4.78 is 5.57. The van der Waals surface area contributed by atoms with Crippen molar-refractivity contribution < 1.29 is 14.6 Å². The van der Waals surface area contributed by atoms with Crippen molar-refractivity contribution in [1.29, 1.82) is 0 Å². The molecular weight excluding hydrogens is 376 g/mol. The van der Waals surface area contributed by atoms with E-state index < -0.39 is 15.5 Å². The third-order valence-electron chi connectivity index (χ3n) is 4.18. The summed E-state index contributed by atoms with van der Waals surface area (Å²) in [6.45, 7) is 0. The number of hydrogen-bond donors (Lipinski definition) is 0. The van der Waals surface area contributed by atoms with E-state index in [0.717, 1.165) is 28.7 Å². The van der Waals surface area contributed by atoms with Gasteiger partial charge in [0.05, 0.1) is 38.8 Å². The van der Waals surface area contributed by atoms with Gasteiger partial charge in [-0.3, -0.25) is 25.2 Å². The first-order valence-corrected chi connectivity index (χ1v) is 8.44. The smallest absolute Gasteiger partial charge is 0.318 e. The van der Waals surface area contributed by atoms with Crippen LogP contribution in [0.3, 0.4) is 0 Å². The van der Waals surface area contributed by atoms with Gasteiger partial charge in [-0.1, -0.05) is 12.1 Å². The van der Waals surface area contributed by atoms with Crippen molar-refractivity contribution in [3.05, 3.63) is 93.2 Å². The minimum atomic E-state index is -0.721. The molecule has 0 spiro atoms. The van der Waals surface area contributed by atoms with Crippen LogP contribution in [-0.2, 0) is 0 Å². The summed E-state index contributed by atoms with van der Waals surface area (Å²) >= 11 is 0. The van der Waals surface area contributed by atoms with Gasteiger partial charge in [0.1, 0.15) is 5.75 Å².